The first-order chi connectivity index (χ1) is 10.0. The first kappa shape index (κ1) is 18.7. The van der Waals surface area contributed by atoms with Crippen LogP contribution in [0.3, 0.4) is 0 Å². The van der Waals surface area contributed by atoms with Crippen molar-refractivity contribution in [2.75, 3.05) is 20.1 Å². The van der Waals surface area contributed by atoms with Gasteiger partial charge in [0.2, 0.25) is 5.91 Å². The Bertz CT molecular complexity index is 404. The maximum atomic E-state index is 12.4. The van der Waals surface area contributed by atoms with Crippen molar-refractivity contribution in [2.45, 2.75) is 65.1 Å². The molecule has 0 aromatic rings. The van der Waals surface area contributed by atoms with E-state index in [9.17, 15) is 9.59 Å². The van der Waals surface area contributed by atoms with Crippen LogP contribution < -0.4 is 5.73 Å². The van der Waals surface area contributed by atoms with Gasteiger partial charge in [0.25, 0.3) is 0 Å². The van der Waals surface area contributed by atoms with E-state index in [1.807, 2.05) is 34.6 Å². The zero-order chi connectivity index (χ0) is 17.1. The van der Waals surface area contributed by atoms with Crippen LogP contribution in [0.4, 0.5) is 4.79 Å². The van der Waals surface area contributed by atoms with Crippen LogP contribution in [0.5, 0.6) is 0 Å². The molecule has 0 bridgehead atoms. The highest BCUT2D eigenvalue weighted by atomic mass is 16.6. The van der Waals surface area contributed by atoms with Gasteiger partial charge in [-0.15, -0.1) is 0 Å². The van der Waals surface area contributed by atoms with Crippen molar-refractivity contribution in [3.05, 3.63) is 0 Å². The molecule has 0 radical (unpaired) electrons. The molecule has 22 heavy (non-hydrogen) atoms. The summed E-state index contributed by atoms with van der Waals surface area (Å²) >= 11 is 0. The molecule has 1 saturated heterocycles. The number of carbonyl (C=O) groups is 2. The van der Waals surface area contributed by atoms with Crippen molar-refractivity contribution >= 4 is 12.0 Å². The Hall–Kier alpha value is -1.30. The number of ether oxygens (including phenoxy) is 1. The van der Waals surface area contributed by atoms with Gasteiger partial charge in [0.15, 0.2) is 0 Å². The molecule has 1 aliphatic heterocycles. The third-order valence-corrected chi connectivity index (χ3v) is 3.95. The first-order valence-corrected chi connectivity index (χ1v) is 8.03. The predicted octanol–water partition coefficient (Wildman–Crippen LogP) is 1.83. The molecule has 128 valence electrons. The maximum absolute atomic E-state index is 12.4. The second kappa shape index (κ2) is 7.31. The molecule has 0 aromatic carbocycles. The topological polar surface area (TPSA) is 75.9 Å². The van der Waals surface area contributed by atoms with E-state index in [0.717, 1.165) is 12.8 Å². The van der Waals surface area contributed by atoms with Crippen molar-refractivity contribution < 1.29 is 14.3 Å². The SMILES string of the molecule is CC(C)[C@H](N)C(=O)N(C)[C@H]1CCCN(C(=O)OC(C)(C)C)C1. The lowest BCUT2D eigenvalue weighted by Crippen LogP contribution is -2.55. The molecule has 0 aromatic heterocycles. The van der Waals surface area contributed by atoms with E-state index in [2.05, 4.69) is 0 Å². The van der Waals surface area contributed by atoms with Crippen molar-refractivity contribution in [3.63, 3.8) is 0 Å². The molecule has 0 aliphatic carbocycles. The number of rotatable bonds is 3. The predicted molar refractivity (Wildman–Crippen MR) is 86.4 cm³/mol. The van der Waals surface area contributed by atoms with E-state index in [4.69, 9.17) is 10.5 Å². The maximum Gasteiger partial charge on any atom is 0.410 e. The standard InChI is InChI=1S/C16H31N3O3/c1-11(2)13(17)14(20)18(6)12-8-7-9-19(10-12)15(21)22-16(3,4)5/h11-13H,7-10,17H2,1-6H3/t12-,13-/m0/s1. The summed E-state index contributed by atoms with van der Waals surface area (Å²) < 4.78 is 5.41. The van der Waals surface area contributed by atoms with E-state index in [1.165, 1.54) is 0 Å². The summed E-state index contributed by atoms with van der Waals surface area (Å²) in [7, 11) is 1.77. The first-order valence-electron chi connectivity index (χ1n) is 8.03. The van der Waals surface area contributed by atoms with Crippen LogP contribution in [0, 0.1) is 5.92 Å². The van der Waals surface area contributed by atoms with Gasteiger partial charge in [-0.1, -0.05) is 13.8 Å². The fourth-order valence-corrected chi connectivity index (χ4v) is 2.46. The average Bonchev–Trinajstić information content (AvgIpc) is 2.43. The Morgan fingerprint density at radius 3 is 2.41 bits per heavy atom. The molecule has 0 saturated carbocycles. The van der Waals surface area contributed by atoms with Crippen LogP contribution in [0.1, 0.15) is 47.5 Å². The molecule has 1 aliphatic rings. The number of carbonyl (C=O) groups excluding carboxylic acids is 2. The highest BCUT2D eigenvalue weighted by Crippen LogP contribution is 2.19. The van der Waals surface area contributed by atoms with Crippen molar-refractivity contribution in [1.29, 1.82) is 0 Å². The van der Waals surface area contributed by atoms with Gasteiger partial charge in [0.05, 0.1) is 6.04 Å². The highest BCUT2D eigenvalue weighted by Gasteiger charge is 2.32. The van der Waals surface area contributed by atoms with E-state index in [-0.39, 0.29) is 24.0 Å². The van der Waals surface area contributed by atoms with Gasteiger partial charge < -0.3 is 20.3 Å². The molecule has 2 N–H and O–H groups in total. The Balaban J connectivity index is 2.66. The quantitative estimate of drug-likeness (QED) is 0.862. The molecule has 2 atom stereocenters. The number of hydrogen-bond donors (Lipinski definition) is 1. The van der Waals surface area contributed by atoms with E-state index < -0.39 is 11.6 Å². The molecule has 2 amide bonds. The zero-order valence-corrected chi connectivity index (χ0v) is 14.8. The van der Waals surface area contributed by atoms with Crippen LogP contribution in [0.25, 0.3) is 0 Å². The van der Waals surface area contributed by atoms with E-state index in [1.54, 1.807) is 16.8 Å². The van der Waals surface area contributed by atoms with Crippen LogP contribution >= 0.6 is 0 Å². The molecule has 0 unspecified atom stereocenters. The summed E-state index contributed by atoms with van der Waals surface area (Å²) in [6.07, 6.45) is 1.43. The Kier molecular flexibility index (Phi) is 6.23. The lowest BCUT2D eigenvalue weighted by Gasteiger charge is -2.39. The minimum atomic E-state index is -0.508. The van der Waals surface area contributed by atoms with Gasteiger partial charge in [-0.2, -0.15) is 0 Å². The van der Waals surface area contributed by atoms with E-state index in [0.29, 0.717) is 13.1 Å². The highest BCUT2D eigenvalue weighted by molar-refractivity contribution is 5.82. The summed E-state index contributed by atoms with van der Waals surface area (Å²) in [4.78, 5) is 27.9. The molecular formula is C16H31N3O3. The summed E-state index contributed by atoms with van der Waals surface area (Å²) in [5, 5.41) is 0. The van der Waals surface area contributed by atoms with Gasteiger partial charge in [0, 0.05) is 26.2 Å². The number of nitrogens with zero attached hydrogens (tertiary/aromatic N) is 2. The lowest BCUT2D eigenvalue weighted by atomic mass is 10.0. The van der Waals surface area contributed by atoms with Gasteiger partial charge in [-0.25, -0.2) is 4.79 Å². The minimum absolute atomic E-state index is 0.00133. The smallest absolute Gasteiger partial charge is 0.410 e. The molecule has 6 nitrogen and oxygen atoms in total. The Morgan fingerprint density at radius 1 is 1.32 bits per heavy atom. The summed E-state index contributed by atoms with van der Waals surface area (Å²) in [6, 6.07) is -0.500. The third kappa shape index (κ3) is 5.16. The number of amides is 2. The van der Waals surface area contributed by atoms with Crippen LogP contribution in [0.15, 0.2) is 0 Å². The van der Waals surface area contributed by atoms with Crippen molar-refractivity contribution in [2.24, 2.45) is 11.7 Å². The number of hydrogen-bond acceptors (Lipinski definition) is 4. The summed E-state index contributed by atoms with van der Waals surface area (Å²) in [5.41, 5.74) is 5.44. The normalized spacial score (nSPS) is 20.7. The molecule has 1 rings (SSSR count). The molecule has 1 fully saturated rings. The Labute approximate surface area is 134 Å². The minimum Gasteiger partial charge on any atom is -0.444 e. The lowest BCUT2D eigenvalue weighted by molar-refractivity contribution is -0.135. The number of piperidine rings is 1. The Morgan fingerprint density at radius 2 is 1.91 bits per heavy atom. The molecule has 0 spiro atoms. The molecule has 1 heterocycles. The van der Waals surface area contributed by atoms with Crippen LogP contribution in [0.2, 0.25) is 0 Å². The van der Waals surface area contributed by atoms with Gasteiger partial charge in [-0.05, 0) is 39.5 Å². The van der Waals surface area contributed by atoms with Crippen LogP contribution in [-0.2, 0) is 9.53 Å². The largest absolute Gasteiger partial charge is 0.444 e. The fraction of sp³-hybridized carbons (Fsp3) is 0.875. The van der Waals surface area contributed by atoms with Gasteiger partial charge in [0.1, 0.15) is 5.60 Å². The number of likely N-dealkylation sites (tertiary alicyclic amines) is 1. The van der Waals surface area contributed by atoms with Gasteiger partial charge in [-0.3, -0.25) is 4.79 Å². The fourth-order valence-electron chi connectivity index (χ4n) is 2.46. The average molecular weight is 313 g/mol. The zero-order valence-electron chi connectivity index (χ0n) is 14.8. The second-order valence-corrected chi connectivity index (χ2v) is 7.44. The van der Waals surface area contributed by atoms with E-state index >= 15 is 0 Å². The summed E-state index contributed by atoms with van der Waals surface area (Å²) in [6.45, 7) is 10.6. The molecule has 6 heteroatoms. The van der Waals surface area contributed by atoms with Crippen LogP contribution in [-0.4, -0.2) is 59.6 Å². The molecular weight excluding hydrogens is 282 g/mol. The van der Waals surface area contributed by atoms with Crippen molar-refractivity contribution in [1.82, 2.24) is 9.80 Å². The third-order valence-electron chi connectivity index (χ3n) is 3.95. The monoisotopic (exact) mass is 313 g/mol. The van der Waals surface area contributed by atoms with Crippen molar-refractivity contribution in [3.8, 4) is 0 Å². The number of nitrogens with two attached hydrogens (primary N) is 1. The number of likely N-dealkylation sites (N-methyl/N-ethyl adjacent to an activating group) is 1. The summed E-state index contributed by atoms with van der Waals surface area (Å²) in [5.74, 6) is 0.0338. The van der Waals surface area contributed by atoms with Gasteiger partial charge >= 0.3 is 6.09 Å². The second-order valence-electron chi connectivity index (χ2n) is 7.44.